The highest BCUT2D eigenvalue weighted by Crippen LogP contribution is 2.46. The Balaban J connectivity index is 1.60. The molecule has 0 aromatic heterocycles. The number of benzene rings is 1. The zero-order chi connectivity index (χ0) is 22.3. The van der Waals surface area contributed by atoms with Crippen molar-refractivity contribution >= 4 is 29.4 Å². The maximum atomic E-state index is 12.6. The number of nitrogens with one attached hydrogen (secondary N) is 3. The zero-order valence-corrected chi connectivity index (χ0v) is 17.2. The van der Waals surface area contributed by atoms with Gasteiger partial charge in [0.2, 0.25) is 11.8 Å². The molecule has 3 amide bonds. The van der Waals surface area contributed by atoms with Crippen LogP contribution in [-0.2, 0) is 19.1 Å². The largest absolute Gasteiger partial charge is 0.481 e. The van der Waals surface area contributed by atoms with Crippen LogP contribution >= 0.6 is 0 Å². The second-order valence-corrected chi connectivity index (χ2v) is 8.69. The van der Waals surface area contributed by atoms with Crippen LogP contribution in [0.25, 0.3) is 0 Å². The Labute approximate surface area is 173 Å². The van der Waals surface area contributed by atoms with E-state index in [0.717, 1.165) is 0 Å². The molecule has 30 heavy (non-hydrogen) atoms. The van der Waals surface area contributed by atoms with E-state index in [4.69, 9.17) is 4.74 Å². The SMILES string of the molecule is CC(C)(C)C(=O)Nc1ccc(C(=O)NNC(=O)[C@@H]2[C@@H](C(=O)O)[C@H]3C=C[C@@]2(C)O3)cc1. The van der Waals surface area contributed by atoms with Gasteiger partial charge in [0.1, 0.15) is 5.92 Å². The number of hydrazine groups is 1. The summed E-state index contributed by atoms with van der Waals surface area (Å²) in [6.07, 6.45) is 2.64. The number of anilines is 1. The monoisotopic (exact) mass is 415 g/mol. The van der Waals surface area contributed by atoms with E-state index in [0.29, 0.717) is 5.69 Å². The topological polar surface area (TPSA) is 134 Å². The summed E-state index contributed by atoms with van der Waals surface area (Å²) in [5.74, 6) is -4.50. The molecule has 2 aliphatic heterocycles. The molecule has 1 aromatic carbocycles. The Kier molecular flexibility index (Phi) is 5.42. The average Bonchev–Trinajstić information content (AvgIpc) is 3.19. The van der Waals surface area contributed by atoms with E-state index in [1.165, 1.54) is 12.1 Å². The number of carboxylic acids is 1. The molecule has 2 bridgehead atoms. The smallest absolute Gasteiger partial charge is 0.310 e. The molecule has 0 spiro atoms. The molecular weight excluding hydrogens is 390 g/mol. The maximum Gasteiger partial charge on any atom is 0.310 e. The molecule has 3 rings (SSSR count). The Hall–Kier alpha value is -3.20. The van der Waals surface area contributed by atoms with Gasteiger partial charge in [-0.3, -0.25) is 30.0 Å². The fourth-order valence-electron chi connectivity index (χ4n) is 3.57. The second kappa shape index (κ2) is 7.56. The molecule has 1 fully saturated rings. The van der Waals surface area contributed by atoms with Gasteiger partial charge in [0.25, 0.3) is 5.91 Å². The lowest BCUT2D eigenvalue weighted by atomic mass is 9.76. The van der Waals surface area contributed by atoms with Crippen LogP contribution in [0.5, 0.6) is 0 Å². The number of carbonyl (C=O) groups excluding carboxylic acids is 3. The average molecular weight is 415 g/mol. The van der Waals surface area contributed by atoms with Gasteiger partial charge in [-0.1, -0.05) is 32.9 Å². The van der Waals surface area contributed by atoms with Crippen molar-refractivity contribution in [2.75, 3.05) is 5.32 Å². The second-order valence-electron chi connectivity index (χ2n) is 8.69. The third-order valence-electron chi connectivity index (χ3n) is 5.29. The molecule has 1 aromatic rings. The molecule has 4 atom stereocenters. The number of hydrogen-bond donors (Lipinski definition) is 4. The van der Waals surface area contributed by atoms with E-state index in [1.54, 1.807) is 52.0 Å². The molecule has 0 saturated carbocycles. The molecule has 0 radical (unpaired) electrons. The highest BCUT2D eigenvalue weighted by atomic mass is 16.5. The third-order valence-corrected chi connectivity index (χ3v) is 5.29. The summed E-state index contributed by atoms with van der Waals surface area (Å²) in [5, 5.41) is 12.2. The van der Waals surface area contributed by atoms with E-state index in [9.17, 15) is 24.3 Å². The molecular formula is C21H25N3O6. The highest BCUT2D eigenvalue weighted by Gasteiger charge is 2.59. The first-order valence-corrected chi connectivity index (χ1v) is 9.54. The Morgan fingerprint density at radius 2 is 1.70 bits per heavy atom. The fourth-order valence-corrected chi connectivity index (χ4v) is 3.57. The normalized spacial score (nSPS) is 26.9. The molecule has 0 aliphatic carbocycles. The van der Waals surface area contributed by atoms with Crippen molar-refractivity contribution in [3.63, 3.8) is 0 Å². The number of hydrogen-bond acceptors (Lipinski definition) is 5. The lowest BCUT2D eigenvalue weighted by Gasteiger charge is -2.27. The summed E-state index contributed by atoms with van der Waals surface area (Å²) in [5.41, 5.74) is 3.81. The van der Waals surface area contributed by atoms with Crippen LogP contribution < -0.4 is 16.2 Å². The number of amides is 3. The first-order valence-electron chi connectivity index (χ1n) is 9.54. The molecule has 0 unspecified atom stereocenters. The van der Waals surface area contributed by atoms with Crippen molar-refractivity contribution in [2.45, 2.75) is 39.4 Å². The van der Waals surface area contributed by atoms with E-state index >= 15 is 0 Å². The Morgan fingerprint density at radius 1 is 1.07 bits per heavy atom. The maximum absolute atomic E-state index is 12.6. The van der Waals surface area contributed by atoms with Gasteiger partial charge in [0.05, 0.1) is 17.6 Å². The minimum absolute atomic E-state index is 0.157. The lowest BCUT2D eigenvalue weighted by Crippen LogP contribution is -2.52. The summed E-state index contributed by atoms with van der Waals surface area (Å²) in [6, 6.07) is 6.17. The van der Waals surface area contributed by atoms with Crippen LogP contribution in [0.4, 0.5) is 5.69 Å². The summed E-state index contributed by atoms with van der Waals surface area (Å²) in [6.45, 7) is 7.01. The number of ether oxygens (including phenoxy) is 1. The molecule has 9 nitrogen and oxygen atoms in total. The molecule has 1 saturated heterocycles. The predicted molar refractivity (Wildman–Crippen MR) is 107 cm³/mol. The van der Waals surface area contributed by atoms with Crippen molar-refractivity contribution in [1.29, 1.82) is 0 Å². The van der Waals surface area contributed by atoms with Gasteiger partial charge in [-0.2, -0.15) is 0 Å². The van der Waals surface area contributed by atoms with Gasteiger partial charge in [0, 0.05) is 16.7 Å². The van der Waals surface area contributed by atoms with Crippen LogP contribution in [0.3, 0.4) is 0 Å². The van der Waals surface area contributed by atoms with E-state index in [2.05, 4.69) is 16.2 Å². The van der Waals surface area contributed by atoms with Crippen molar-refractivity contribution < 1.29 is 29.0 Å². The predicted octanol–water partition coefficient (Wildman–Crippen LogP) is 1.48. The van der Waals surface area contributed by atoms with Crippen molar-refractivity contribution in [1.82, 2.24) is 10.9 Å². The number of carboxylic acid groups (broad SMARTS) is 1. The van der Waals surface area contributed by atoms with Crippen LogP contribution in [0.15, 0.2) is 36.4 Å². The summed E-state index contributed by atoms with van der Waals surface area (Å²) in [7, 11) is 0. The van der Waals surface area contributed by atoms with Crippen LogP contribution in [0.1, 0.15) is 38.1 Å². The van der Waals surface area contributed by atoms with Gasteiger partial charge >= 0.3 is 5.97 Å². The third kappa shape index (κ3) is 4.06. The van der Waals surface area contributed by atoms with Gasteiger partial charge in [0.15, 0.2) is 0 Å². The quantitative estimate of drug-likeness (QED) is 0.435. The first kappa shape index (κ1) is 21.5. The summed E-state index contributed by atoms with van der Waals surface area (Å²) in [4.78, 5) is 48.5. The number of carbonyl (C=O) groups is 4. The fraction of sp³-hybridized carbons (Fsp3) is 0.429. The van der Waals surface area contributed by atoms with Gasteiger partial charge in [-0.25, -0.2) is 0 Å². The number of rotatable bonds is 4. The minimum Gasteiger partial charge on any atom is -0.481 e. The van der Waals surface area contributed by atoms with E-state index < -0.39 is 46.7 Å². The zero-order valence-electron chi connectivity index (χ0n) is 17.2. The lowest BCUT2D eigenvalue weighted by molar-refractivity contribution is -0.147. The highest BCUT2D eigenvalue weighted by molar-refractivity contribution is 5.98. The first-order chi connectivity index (χ1) is 13.9. The van der Waals surface area contributed by atoms with Crippen molar-refractivity contribution in [3.8, 4) is 0 Å². The summed E-state index contributed by atoms with van der Waals surface area (Å²) >= 11 is 0. The van der Waals surface area contributed by atoms with Crippen LogP contribution in [-0.4, -0.2) is 40.5 Å². The van der Waals surface area contributed by atoms with Crippen molar-refractivity contribution in [3.05, 3.63) is 42.0 Å². The van der Waals surface area contributed by atoms with E-state index in [-0.39, 0.29) is 11.5 Å². The van der Waals surface area contributed by atoms with Gasteiger partial charge < -0.3 is 15.2 Å². The number of fused-ring (bicyclic) bond motifs is 2. The Bertz CT molecular complexity index is 918. The summed E-state index contributed by atoms with van der Waals surface area (Å²) < 4.78 is 5.63. The van der Waals surface area contributed by atoms with Crippen molar-refractivity contribution in [2.24, 2.45) is 17.3 Å². The molecule has 9 heteroatoms. The van der Waals surface area contributed by atoms with Gasteiger partial charge in [-0.05, 0) is 31.2 Å². The van der Waals surface area contributed by atoms with E-state index in [1.807, 2.05) is 0 Å². The molecule has 160 valence electrons. The van der Waals surface area contributed by atoms with Crippen LogP contribution in [0.2, 0.25) is 0 Å². The molecule has 2 heterocycles. The minimum atomic E-state index is -1.13. The molecule has 2 aliphatic rings. The molecule has 4 N–H and O–H groups in total. The Morgan fingerprint density at radius 3 is 2.27 bits per heavy atom. The van der Waals surface area contributed by atoms with Crippen LogP contribution in [0, 0.1) is 17.3 Å². The van der Waals surface area contributed by atoms with Gasteiger partial charge in [-0.15, -0.1) is 0 Å². The standard InChI is InChI=1S/C21H25N3O6/c1-20(2,3)19(29)22-12-7-5-11(6-8-12)16(25)23-24-17(26)15-14(18(27)28)13-9-10-21(15,4)30-13/h5-10,13-15H,1-4H3,(H,22,29)(H,23,25)(H,24,26)(H,27,28)/t13-,14+,15+,21-/m1/s1. The number of aliphatic carboxylic acids is 1.